The van der Waals surface area contributed by atoms with Crippen LogP contribution < -0.4 is 0 Å². The Morgan fingerprint density at radius 1 is 1.25 bits per heavy atom. The van der Waals surface area contributed by atoms with Crippen LogP contribution in [0.5, 0.6) is 0 Å². The molecule has 0 saturated carbocycles. The predicted molar refractivity (Wildman–Crippen MR) is 55.9 cm³/mol. The molecule has 0 atom stereocenters. The summed E-state index contributed by atoms with van der Waals surface area (Å²) in [6, 6.07) is 0. The van der Waals surface area contributed by atoms with Gasteiger partial charge in [-0.1, -0.05) is 13.8 Å². The van der Waals surface area contributed by atoms with Gasteiger partial charge in [0.1, 0.15) is 5.70 Å². The molecule has 0 radical (unpaired) electrons. The number of hydrogen-bond donors (Lipinski definition) is 0. The number of nitrogens with zero attached hydrogens (tertiary/aromatic N) is 1. The smallest absolute Gasteiger partial charge is 0.102 e. The normalized spacial score (nSPS) is 12.2. The summed E-state index contributed by atoms with van der Waals surface area (Å²) in [6.45, 7) is 15.5. The second kappa shape index (κ2) is 4.66. The van der Waals surface area contributed by atoms with Crippen molar-refractivity contribution in [2.75, 3.05) is 20.1 Å². The fourth-order valence-corrected chi connectivity index (χ4v) is 1.36. The molecule has 0 spiro atoms. The summed E-state index contributed by atoms with van der Waals surface area (Å²) in [5.41, 5.74) is 1.37. The lowest BCUT2D eigenvalue weighted by atomic mass is 10.1. The Balaban J connectivity index is 4.22. The van der Waals surface area contributed by atoms with Crippen LogP contribution in [0.2, 0.25) is 0 Å². The van der Waals surface area contributed by atoms with Gasteiger partial charge in [0.05, 0.1) is 20.1 Å². The van der Waals surface area contributed by atoms with Crippen molar-refractivity contribution in [3.05, 3.63) is 12.3 Å². The maximum Gasteiger partial charge on any atom is 0.102 e. The lowest BCUT2D eigenvalue weighted by Crippen LogP contribution is -2.42. The molecule has 0 amide bonds. The molecule has 0 heterocycles. The summed E-state index contributed by atoms with van der Waals surface area (Å²) in [4.78, 5) is 0. The van der Waals surface area contributed by atoms with Crippen molar-refractivity contribution in [3.63, 3.8) is 0 Å². The van der Waals surface area contributed by atoms with Crippen molar-refractivity contribution in [2.45, 2.75) is 34.1 Å². The van der Waals surface area contributed by atoms with E-state index in [2.05, 4.69) is 41.3 Å². The average Bonchev–Trinajstić information content (AvgIpc) is 2.02. The molecule has 72 valence electrons. The number of hydrogen-bond acceptors (Lipinski definition) is 0. The molecule has 0 rings (SSSR count). The quantitative estimate of drug-likeness (QED) is 0.556. The zero-order valence-corrected chi connectivity index (χ0v) is 9.35. The highest BCUT2D eigenvalue weighted by molar-refractivity contribution is 4.84. The van der Waals surface area contributed by atoms with Gasteiger partial charge in [-0.2, -0.15) is 0 Å². The van der Waals surface area contributed by atoms with E-state index < -0.39 is 0 Å². The van der Waals surface area contributed by atoms with Gasteiger partial charge in [0.25, 0.3) is 0 Å². The first-order valence-electron chi connectivity index (χ1n) is 4.99. The minimum Gasteiger partial charge on any atom is -0.298 e. The van der Waals surface area contributed by atoms with Crippen molar-refractivity contribution in [3.8, 4) is 0 Å². The fraction of sp³-hybridized carbons (Fsp3) is 0.818. The Morgan fingerprint density at radius 2 is 1.67 bits per heavy atom. The van der Waals surface area contributed by atoms with Crippen LogP contribution in [-0.2, 0) is 0 Å². The van der Waals surface area contributed by atoms with Gasteiger partial charge in [-0.05, 0) is 26.3 Å². The molecule has 0 aromatic rings. The first kappa shape index (κ1) is 11.7. The topological polar surface area (TPSA) is 0 Å². The van der Waals surface area contributed by atoms with Gasteiger partial charge >= 0.3 is 0 Å². The molecule has 0 unspecified atom stereocenters. The van der Waals surface area contributed by atoms with Gasteiger partial charge in [0, 0.05) is 6.42 Å². The lowest BCUT2D eigenvalue weighted by molar-refractivity contribution is -0.870. The largest absolute Gasteiger partial charge is 0.298 e. The third-order valence-corrected chi connectivity index (χ3v) is 2.80. The van der Waals surface area contributed by atoms with Gasteiger partial charge in [-0.3, -0.25) is 4.48 Å². The molecule has 0 aliphatic rings. The van der Waals surface area contributed by atoms with E-state index in [0.29, 0.717) is 0 Å². The SMILES string of the molecule is C=C(CC(C)C)[N+](C)(CC)CC. The second-order valence-corrected chi connectivity index (χ2v) is 4.19. The third kappa shape index (κ3) is 2.98. The fourth-order valence-electron chi connectivity index (χ4n) is 1.36. The van der Waals surface area contributed by atoms with E-state index in [0.717, 1.165) is 29.9 Å². The van der Waals surface area contributed by atoms with Crippen LogP contribution in [0.4, 0.5) is 0 Å². The molecular weight excluding hydrogens is 146 g/mol. The zero-order valence-electron chi connectivity index (χ0n) is 9.35. The average molecular weight is 170 g/mol. The second-order valence-electron chi connectivity index (χ2n) is 4.19. The minimum absolute atomic E-state index is 0.730. The van der Waals surface area contributed by atoms with Crippen LogP contribution in [0.25, 0.3) is 0 Å². The Morgan fingerprint density at radius 3 is 1.92 bits per heavy atom. The van der Waals surface area contributed by atoms with Crippen LogP contribution in [0.1, 0.15) is 34.1 Å². The summed E-state index contributed by atoms with van der Waals surface area (Å²) >= 11 is 0. The van der Waals surface area contributed by atoms with Gasteiger partial charge in [0.2, 0.25) is 0 Å². The van der Waals surface area contributed by atoms with Crippen LogP contribution in [0.3, 0.4) is 0 Å². The van der Waals surface area contributed by atoms with Gasteiger partial charge < -0.3 is 0 Å². The van der Waals surface area contributed by atoms with E-state index in [1.807, 2.05) is 0 Å². The first-order chi connectivity index (χ1) is 5.46. The van der Waals surface area contributed by atoms with Gasteiger partial charge in [0.15, 0.2) is 0 Å². The minimum atomic E-state index is 0.730. The van der Waals surface area contributed by atoms with Crippen LogP contribution in [-0.4, -0.2) is 24.6 Å². The first-order valence-corrected chi connectivity index (χ1v) is 4.99. The summed E-state index contributed by atoms with van der Waals surface area (Å²) in [7, 11) is 2.27. The molecule has 0 aliphatic carbocycles. The molecule has 0 bridgehead atoms. The van der Waals surface area contributed by atoms with Crippen LogP contribution >= 0.6 is 0 Å². The molecule has 0 N–H and O–H groups in total. The molecule has 0 saturated heterocycles. The number of quaternary nitrogens is 1. The van der Waals surface area contributed by atoms with E-state index >= 15 is 0 Å². The van der Waals surface area contributed by atoms with E-state index in [-0.39, 0.29) is 0 Å². The maximum absolute atomic E-state index is 4.18. The highest BCUT2D eigenvalue weighted by Crippen LogP contribution is 2.19. The molecule has 1 heteroatoms. The monoisotopic (exact) mass is 170 g/mol. The highest BCUT2D eigenvalue weighted by Gasteiger charge is 2.21. The van der Waals surface area contributed by atoms with Crippen molar-refractivity contribution < 1.29 is 4.48 Å². The Labute approximate surface area is 77.7 Å². The maximum atomic E-state index is 4.18. The van der Waals surface area contributed by atoms with Crippen LogP contribution in [0, 0.1) is 5.92 Å². The third-order valence-electron chi connectivity index (χ3n) is 2.80. The Bertz CT molecular complexity index is 143. The summed E-state index contributed by atoms with van der Waals surface area (Å²) in [5.74, 6) is 0.730. The lowest BCUT2D eigenvalue weighted by Gasteiger charge is -2.34. The molecule has 0 fully saturated rings. The molecule has 0 aromatic heterocycles. The molecule has 0 aromatic carbocycles. The molecule has 12 heavy (non-hydrogen) atoms. The van der Waals surface area contributed by atoms with Crippen molar-refractivity contribution in [1.29, 1.82) is 0 Å². The standard InChI is InChI=1S/C11H24N/c1-7-12(6,8-2)11(5)9-10(3)4/h10H,5,7-9H2,1-4,6H3/q+1. The van der Waals surface area contributed by atoms with E-state index in [9.17, 15) is 0 Å². The van der Waals surface area contributed by atoms with Crippen LogP contribution in [0.15, 0.2) is 12.3 Å². The Kier molecular flexibility index (Phi) is 4.54. The zero-order chi connectivity index (χ0) is 9.78. The molecule has 1 nitrogen and oxygen atoms in total. The van der Waals surface area contributed by atoms with Crippen molar-refractivity contribution >= 4 is 0 Å². The van der Waals surface area contributed by atoms with Crippen molar-refractivity contribution in [2.24, 2.45) is 5.92 Å². The Hall–Kier alpha value is -0.300. The van der Waals surface area contributed by atoms with Gasteiger partial charge in [-0.25, -0.2) is 0 Å². The van der Waals surface area contributed by atoms with E-state index in [4.69, 9.17) is 0 Å². The van der Waals surface area contributed by atoms with E-state index in [1.165, 1.54) is 5.70 Å². The highest BCUT2D eigenvalue weighted by atomic mass is 15.3. The van der Waals surface area contributed by atoms with Gasteiger partial charge in [-0.15, -0.1) is 0 Å². The molecule has 0 aliphatic heterocycles. The molecular formula is C11H24N+. The van der Waals surface area contributed by atoms with E-state index in [1.54, 1.807) is 0 Å². The number of allylic oxidation sites excluding steroid dienone is 1. The summed E-state index contributed by atoms with van der Waals surface area (Å²) < 4.78 is 1.03. The number of rotatable bonds is 5. The summed E-state index contributed by atoms with van der Waals surface area (Å²) in [5, 5.41) is 0. The van der Waals surface area contributed by atoms with Crippen molar-refractivity contribution in [1.82, 2.24) is 0 Å². The summed E-state index contributed by atoms with van der Waals surface area (Å²) in [6.07, 6.45) is 1.15. The predicted octanol–water partition coefficient (Wildman–Crippen LogP) is 3.03.